The highest BCUT2D eigenvalue weighted by Gasteiger charge is 2.39. The summed E-state index contributed by atoms with van der Waals surface area (Å²) in [5.41, 5.74) is 3.33. The Bertz CT molecular complexity index is 1510. The van der Waals surface area contributed by atoms with Crippen molar-refractivity contribution >= 4 is 39.8 Å². The van der Waals surface area contributed by atoms with Crippen LogP contribution in [0.2, 0.25) is 5.02 Å². The Kier molecular flexibility index (Phi) is 7.01. The lowest BCUT2D eigenvalue weighted by Gasteiger charge is -2.42. The van der Waals surface area contributed by atoms with Gasteiger partial charge in [0.2, 0.25) is 5.91 Å². The molecule has 1 atom stereocenters. The van der Waals surface area contributed by atoms with Gasteiger partial charge >= 0.3 is 6.01 Å². The average molecular weight is 557 g/mol. The minimum atomic E-state index is -0.234. The molecule has 0 bridgehead atoms. The lowest BCUT2D eigenvalue weighted by molar-refractivity contribution is -0.128. The van der Waals surface area contributed by atoms with Gasteiger partial charge in [0.1, 0.15) is 5.82 Å². The molecule has 8 nitrogen and oxygen atoms in total. The molecule has 1 unspecified atom stereocenters. The van der Waals surface area contributed by atoms with Crippen molar-refractivity contribution in [2.45, 2.75) is 45.2 Å². The van der Waals surface area contributed by atoms with Crippen molar-refractivity contribution in [1.29, 1.82) is 5.26 Å². The fourth-order valence-electron chi connectivity index (χ4n) is 5.79. The fourth-order valence-corrected chi connectivity index (χ4v) is 6.07. The predicted octanol–water partition coefficient (Wildman–Crippen LogP) is 5.14. The summed E-state index contributed by atoms with van der Waals surface area (Å²) in [7, 11) is 0. The molecular weight excluding hydrogens is 524 g/mol. The number of halogens is 1. The molecule has 1 amide bonds. The van der Waals surface area contributed by atoms with Gasteiger partial charge in [0.25, 0.3) is 0 Å². The molecule has 2 aromatic carbocycles. The summed E-state index contributed by atoms with van der Waals surface area (Å²) in [4.78, 5) is 28.6. The Morgan fingerprint density at radius 1 is 1.20 bits per heavy atom. The standard InChI is InChI=1S/C31H33ClN6O2/c1-3-27(39)38-17-16-37(18-22(38)10-14-33)29-23-11-15-36(26-9-5-7-21-6-4-8-24(32)28(21)26)19-25(23)34-30(35-29)40-20-31(2)12-13-31/h3-9,22H,1,10-13,15-20H2,2H3. The zero-order valence-electron chi connectivity index (χ0n) is 22.8. The predicted molar refractivity (Wildman–Crippen MR) is 157 cm³/mol. The number of carbonyl (C=O) groups is 1. The van der Waals surface area contributed by atoms with E-state index in [1.807, 2.05) is 12.1 Å². The number of benzene rings is 2. The number of aromatic nitrogens is 2. The Hall–Kier alpha value is -3.83. The maximum Gasteiger partial charge on any atom is 0.318 e. The number of rotatable bonds is 7. The largest absolute Gasteiger partial charge is 0.463 e. The quantitative estimate of drug-likeness (QED) is 0.372. The molecule has 1 aromatic heterocycles. The highest BCUT2D eigenvalue weighted by Crippen LogP contribution is 2.45. The first-order chi connectivity index (χ1) is 19.4. The minimum Gasteiger partial charge on any atom is -0.463 e. The second kappa shape index (κ2) is 10.6. The van der Waals surface area contributed by atoms with Gasteiger partial charge in [-0.3, -0.25) is 4.79 Å². The van der Waals surface area contributed by atoms with E-state index in [1.54, 1.807) is 4.90 Å². The van der Waals surface area contributed by atoms with Gasteiger partial charge in [0.15, 0.2) is 0 Å². The van der Waals surface area contributed by atoms with Crippen LogP contribution in [-0.4, -0.2) is 59.6 Å². The van der Waals surface area contributed by atoms with Crippen molar-refractivity contribution in [1.82, 2.24) is 14.9 Å². The number of amides is 1. The maximum absolute atomic E-state index is 12.5. The minimum absolute atomic E-state index is 0.143. The topological polar surface area (TPSA) is 85.6 Å². The normalized spacial score (nSPS) is 19.6. The number of nitrogens with zero attached hydrogens (tertiary/aromatic N) is 6. The van der Waals surface area contributed by atoms with E-state index in [4.69, 9.17) is 26.3 Å². The van der Waals surface area contributed by atoms with E-state index in [9.17, 15) is 10.1 Å². The molecule has 6 rings (SSSR count). The van der Waals surface area contributed by atoms with E-state index in [-0.39, 0.29) is 23.8 Å². The molecule has 9 heteroatoms. The maximum atomic E-state index is 12.5. The number of anilines is 2. The van der Waals surface area contributed by atoms with Gasteiger partial charge in [-0.2, -0.15) is 15.2 Å². The Morgan fingerprint density at radius 2 is 2.00 bits per heavy atom. The van der Waals surface area contributed by atoms with Crippen molar-refractivity contribution < 1.29 is 9.53 Å². The van der Waals surface area contributed by atoms with Gasteiger partial charge in [0, 0.05) is 48.2 Å². The summed E-state index contributed by atoms with van der Waals surface area (Å²) >= 11 is 6.67. The summed E-state index contributed by atoms with van der Waals surface area (Å²) in [5.74, 6) is 0.709. The molecule has 3 aromatic rings. The van der Waals surface area contributed by atoms with Gasteiger partial charge in [0.05, 0.1) is 42.4 Å². The molecule has 3 heterocycles. The first kappa shape index (κ1) is 26.4. The first-order valence-electron chi connectivity index (χ1n) is 13.9. The summed E-state index contributed by atoms with van der Waals surface area (Å²) in [6, 6.07) is 14.7. The van der Waals surface area contributed by atoms with Crippen molar-refractivity contribution in [3.63, 3.8) is 0 Å². The van der Waals surface area contributed by atoms with E-state index in [0.717, 1.165) is 64.4 Å². The van der Waals surface area contributed by atoms with Crippen LogP contribution < -0.4 is 14.5 Å². The van der Waals surface area contributed by atoms with Crippen LogP contribution in [0.15, 0.2) is 49.1 Å². The molecule has 3 aliphatic rings. The Balaban J connectivity index is 1.35. The van der Waals surface area contributed by atoms with Crippen molar-refractivity contribution in [2.24, 2.45) is 5.41 Å². The molecule has 0 radical (unpaired) electrons. The first-order valence-corrected chi connectivity index (χ1v) is 14.3. The average Bonchev–Trinajstić information content (AvgIpc) is 3.72. The second-order valence-electron chi connectivity index (χ2n) is 11.3. The number of carbonyl (C=O) groups excluding carboxylic acids is 1. The lowest BCUT2D eigenvalue weighted by atomic mass is 10.0. The van der Waals surface area contributed by atoms with Gasteiger partial charge < -0.3 is 19.4 Å². The van der Waals surface area contributed by atoms with Crippen LogP contribution in [0.25, 0.3) is 10.8 Å². The van der Waals surface area contributed by atoms with Crippen molar-refractivity contribution in [3.05, 3.63) is 65.3 Å². The van der Waals surface area contributed by atoms with Gasteiger partial charge in [-0.25, -0.2) is 0 Å². The third-order valence-electron chi connectivity index (χ3n) is 8.42. The lowest BCUT2D eigenvalue weighted by Crippen LogP contribution is -2.55. The van der Waals surface area contributed by atoms with E-state index >= 15 is 0 Å². The van der Waals surface area contributed by atoms with Crippen LogP contribution in [0.3, 0.4) is 0 Å². The molecule has 1 saturated carbocycles. The second-order valence-corrected chi connectivity index (χ2v) is 11.7. The third kappa shape index (κ3) is 5.06. The highest BCUT2D eigenvalue weighted by atomic mass is 35.5. The van der Waals surface area contributed by atoms with Crippen LogP contribution in [0.4, 0.5) is 11.5 Å². The molecule has 2 fully saturated rings. The summed E-state index contributed by atoms with van der Waals surface area (Å²) in [5, 5.41) is 12.4. The molecule has 206 valence electrons. The van der Waals surface area contributed by atoms with Crippen LogP contribution in [0.5, 0.6) is 6.01 Å². The van der Waals surface area contributed by atoms with Crippen molar-refractivity contribution in [2.75, 3.05) is 42.6 Å². The van der Waals surface area contributed by atoms with Gasteiger partial charge in [-0.1, -0.05) is 49.4 Å². The summed E-state index contributed by atoms with van der Waals surface area (Å²) in [6.07, 6.45) is 4.63. The smallest absolute Gasteiger partial charge is 0.318 e. The molecule has 0 spiro atoms. The Labute approximate surface area is 239 Å². The zero-order chi connectivity index (χ0) is 27.9. The van der Waals surface area contributed by atoms with E-state index < -0.39 is 0 Å². The number of piperazine rings is 1. The third-order valence-corrected chi connectivity index (χ3v) is 8.73. The monoisotopic (exact) mass is 556 g/mol. The fraction of sp³-hybridized carbons (Fsp3) is 0.419. The SMILES string of the molecule is C=CC(=O)N1CCN(c2nc(OCC3(C)CC3)nc3c2CCN(c2cccc4cccc(Cl)c24)C3)CC1CC#N. The molecular formula is C31H33ClN6O2. The number of nitriles is 1. The number of fused-ring (bicyclic) bond motifs is 2. The van der Waals surface area contributed by atoms with Crippen molar-refractivity contribution in [3.8, 4) is 12.1 Å². The molecule has 0 N–H and O–H groups in total. The van der Waals surface area contributed by atoms with E-state index in [2.05, 4.69) is 53.6 Å². The summed E-state index contributed by atoms with van der Waals surface area (Å²) in [6.45, 7) is 9.50. The van der Waals surface area contributed by atoms with Gasteiger partial charge in [-0.05, 0) is 42.9 Å². The van der Waals surface area contributed by atoms with Crippen LogP contribution in [0.1, 0.15) is 37.4 Å². The Morgan fingerprint density at radius 3 is 2.75 bits per heavy atom. The van der Waals surface area contributed by atoms with Gasteiger partial charge in [-0.15, -0.1) is 0 Å². The molecule has 40 heavy (non-hydrogen) atoms. The molecule has 1 aliphatic carbocycles. The van der Waals surface area contributed by atoms with Crippen LogP contribution in [0, 0.1) is 16.7 Å². The zero-order valence-corrected chi connectivity index (χ0v) is 23.5. The number of hydrogen-bond donors (Lipinski definition) is 0. The molecule has 1 saturated heterocycles. The number of ether oxygens (including phenoxy) is 1. The van der Waals surface area contributed by atoms with E-state index in [0.29, 0.717) is 38.8 Å². The molecule has 2 aliphatic heterocycles. The van der Waals surface area contributed by atoms with E-state index in [1.165, 1.54) is 6.08 Å². The number of hydrogen-bond acceptors (Lipinski definition) is 7. The van der Waals surface area contributed by atoms with Crippen LogP contribution in [-0.2, 0) is 17.8 Å². The summed E-state index contributed by atoms with van der Waals surface area (Å²) < 4.78 is 6.19. The highest BCUT2D eigenvalue weighted by molar-refractivity contribution is 6.36. The van der Waals surface area contributed by atoms with Crippen LogP contribution >= 0.6 is 11.6 Å².